The van der Waals surface area contributed by atoms with Crippen LogP contribution in [0.5, 0.6) is 0 Å². The van der Waals surface area contributed by atoms with E-state index >= 15 is 0 Å². The van der Waals surface area contributed by atoms with Crippen molar-refractivity contribution in [2.24, 2.45) is 0 Å². The number of rotatable bonds is 5. The van der Waals surface area contributed by atoms with E-state index in [1.165, 1.54) is 7.05 Å². The first-order valence-electron chi connectivity index (χ1n) is 9.55. The molecule has 0 aliphatic rings. The zero-order valence-electron chi connectivity index (χ0n) is 16.6. The van der Waals surface area contributed by atoms with Crippen molar-refractivity contribution in [2.75, 3.05) is 7.05 Å². The van der Waals surface area contributed by atoms with E-state index in [0.29, 0.717) is 0 Å². The lowest BCUT2D eigenvalue weighted by molar-refractivity contribution is 0.568. The molecule has 0 bridgehead atoms. The van der Waals surface area contributed by atoms with Gasteiger partial charge in [0.25, 0.3) is 0 Å². The summed E-state index contributed by atoms with van der Waals surface area (Å²) in [6.07, 6.45) is 8.81. The van der Waals surface area contributed by atoms with Gasteiger partial charge in [0.1, 0.15) is 5.65 Å². The summed E-state index contributed by atoms with van der Waals surface area (Å²) >= 11 is 0. The molecule has 0 aliphatic carbocycles. The number of imidazole rings is 1. The summed E-state index contributed by atoms with van der Waals surface area (Å²) in [6.45, 7) is 0. The Bertz CT molecular complexity index is 1490. The minimum atomic E-state index is -3.52. The Hall–Kier alpha value is -3.75. The molecule has 0 atom stereocenters. The van der Waals surface area contributed by atoms with Gasteiger partial charge in [-0.15, -0.1) is 0 Å². The Balaban J connectivity index is 1.61. The lowest BCUT2D eigenvalue weighted by Crippen LogP contribution is -2.18. The zero-order chi connectivity index (χ0) is 21.4. The molecular formula is C23H18N4O3S. The molecule has 31 heavy (non-hydrogen) atoms. The molecule has 0 aliphatic heterocycles. The fraction of sp³-hybridized carbons (Fsp3) is 0.0435. The summed E-state index contributed by atoms with van der Waals surface area (Å²) in [5.74, 6) is 0. The summed E-state index contributed by atoms with van der Waals surface area (Å²) in [6, 6.07) is 16.5. The van der Waals surface area contributed by atoms with Crippen LogP contribution in [-0.2, 0) is 10.0 Å². The van der Waals surface area contributed by atoms with Crippen LogP contribution >= 0.6 is 0 Å². The van der Waals surface area contributed by atoms with E-state index in [0.717, 1.165) is 39.3 Å². The highest BCUT2D eigenvalue weighted by molar-refractivity contribution is 7.89. The average Bonchev–Trinajstić information content (AvgIpc) is 3.49. The van der Waals surface area contributed by atoms with Crippen molar-refractivity contribution in [3.63, 3.8) is 0 Å². The van der Waals surface area contributed by atoms with Crippen LogP contribution in [0, 0.1) is 0 Å². The van der Waals surface area contributed by atoms with E-state index in [-0.39, 0.29) is 4.90 Å². The number of hydrogen-bond acceptors (Lipinski definition) is 5. The van der Waals surface area contributed by atoms with E-state index in [1.807, 2.05) is 53.2 Å². The van der Waals surface area contributed by atoms with Crippen LogP contribution in [0.1, 0.15) is 0 Å². The van der Waals surface area contributed by atoms with Gasteiger partial charge in [-0.1, -0.05) is 12.1 Å². The third kappa shape index (κ3) is 3.52. The van der Waals surface area contributed by atoms with Gasteiger partial charge in [-0.2, -0.15) is 0 Å². The smallest absolute Gasteiger partial charge is 0.240 e. The van der Waals surface area contributed by atoms with E-state index in [4.69, 9.17) is 4.42 Å². The first kappa shape index (κ1) is 19.2. The number of hydrogen-bond donors (Lipinski definition) is 1. The van der Waals surface area contributed by atoms with Crippen molar-refractivity contribution < 1.29 is 12.8 Å². The van der Waals surface area contributed by atoms with Crippen LogP contribution in [0.25, 0.3) is 39.3 Å². The number of fused-ring (bicyclic) bond motifs is 1. The first-order chi connectivity index (χ1) is 15.0. The molecule has 5 aromatic rings. The molecule has 154 valence electrons. The summed E-state index contributed by atoms with van der Waals surface area (Å²) in [5.41, 5.74) is 6.04. The molecule has 0 unspecified atom stereocenters. The standard InChI is InChI=1S/C23H18N4O3S/c1-24-31(28,29)20-4-2-3-16(11-20)18-5-6-23-26-13-22(27(23)14-18)17-7-9-25-21(12-17)19-8-10-30-15-19/h2-15,24H,1H3. The topological polar surface area (TPSA) is 89.5 Å². The molecule has 1 aromatic carbocycles. The second-order valence-corrected chi connectivity index (χ2v) is 8.85. The maximum Gasteiger partial charge on any atom is 0.240 e. The minimum Gasteiger partial charge on any atom is -0.472 e. The number of furan rings is 1. The summed E-state index contributed by atoms with van der Waals surface area (Å²) in [4.78, 5) is 9.16. The van der Waals surface area contributed by atoms with Gasteiger partial charge in [0, 0.05) is 23.5 Å². The molecule has 0 fully saturated rings. The predicted octanol–water partition coefficient (Wildman–Crippen LogP) is 4.23. The lowest BCUT2D eigenvalue weighted by atomic mass is 10.1. The fourth-order valence-electron chi connectivity index (χ4n) is 3.48. The summed E-state index contributed by atoms with van der Waals surface area (Å²) < 4.78 is 33.9. The quantitative estimate of drug-likeness (QED) is 0.451. The predicted molar refractivity (Wildman–Crippen MR) is 118 cm³/mol. The van der Waals surface area contributed by atoms with Gasteiger partial charge in [0.15, 0.2) is 0 Å². The zero-order valence-corrected chi connectivity index (χ0v) is 17.4. The van der Waals surface area contributed by atoms with Gasteiger partial charge in [-0.3, -0.25) is 9.38 Å². The Morgan fingerprint density at radius 2 is 1.84 bits per heavy atom. The van der Waals surface area contributed by atoms with E-state index < -0.39 is 10.0 Å². The van der Waals surface area contributed by atoms with Crippen molar-refractivity contribution in [1.82, 2.24) is 19.1 Å². The van der Waals surface area contributed by atoms with Crippen LogP contribution in [0.2, 0.25) is 0 Å². The Kier molecular flexibility index (Phi) is 4.65. The molecule has 1 N–H and O–H groups in total. The molecule has 0 amide bonds. The fourth-order valence-corrected chi connectivity index (χ4v) is 4.26. The van der Waals surface area contributed by atoms with Crippen LogP contribution < -0.4 is 4.72 Å². The Labute approximate surface area is 179 Å². The maximum absolute atomic E-state index is 12.2. The molecule has 8 heteroatoms. The third-order valence-electron chi connectivity index (χ3n) is 5.12. The number of aromatic nitrogens is 3. The number of nitrogens with one attached hydrogen (secondary N) is 1. The third-order valence-corrected chi connectivity index (χ3v) is 6.54. The molecular weight excluding hydrogens is 412 g/mol. The first-order valence-corrected chi connectivity index (χ1v) is 11.0. The average molecular weight is 430 g/mol. The SMILES string of the molecule is CNS(=O)(=O)c1cccc(-c2ccc3ncc(-c4ccnc(-c5ccoc5)c4)n3c2)c1. The van der Waals surface area contributed by atoms with Crippen molar-refractivity contribution in [3.05, 3.63) is 85.7 Å². The molecule has 0 saturated heterocycles. The van der Waals surface area contributed by atoms with Gasteiger partial charge in [-0.25, -0.2) is 18.1 Å². The lowest BCUT2D eigenvalue weighted by Gasteiger charge is -2.08. The largest absolute Gasteiger partial charge is 0.472 e. The summed E-state index contributed by atoms with van der Waals surface area (Å²) in [7, 11) is -2.12. The Morgan fingerprint density at radius 3 is 2.65 bits per heavy atom. The van der Waals surface area contributed by atoms with E-state index in [2.05, 4.69) is 14.7 Å². The molecule has 0 radical (unpaired) electrons. The van der Waals surface area contributed by atoms with Crippen LogP contribution in [0.3, 0.4) is 0 Å². The highest BCUT2D eigenvalue weighted by Gasteiger charge is 2.13. The molecule has 4 aromatic heterocycles. The molecule has 0 saturated carbocycles. The number of nitrogens with zero attached hydrogens (tertiary/aromatic N) is 3. The van der Waals surface area contributed by atoms with Crippen LogP contribution in [-0.4, -0.2) is 29.8 Å². The summed E-state index contributed by atoms with van der Waals surface area (Å²) in [5, 5.41) is 0. The van der Waals surface area contributed by atoms with E-state index in [9.17, 15) is 8.42 Å². The van der Waals surface area contributed by atoms with Gasteiger partial charge in [-0.05, 0) is 60.6 Å². The van der Waals surface area contributed by atoms with Crippen LogP contribution in [0.4, 0.5) is 0 Å². The number of sulfonamides is 1. The molecule has 5 rings (SSSR count). The second kappa shape index (κ2) is 7.50. The van der Waals surface area contributed by atoms with Crippen molar-refractivity contribution in [3.8, 4) is 33.6 Å². The van der Waals surface area contributed by atoms with Gasteiger partial charge in [0.2, 0.25) is 10.0 Å². The van der Waals surface area contributed by atoms with Crippen LogP contribution in [0.15, 0.2) is 95.0 Å². The van der Waals surface area contributed by atoms with Crippen molar-refractivity contribution in [2.45, 2.75) is 4.90 Å². The minimum absolute atomic E-state index is 0.220. The van der Waals surface area contributed by atoms with E-state index in [1.54, 1.807) is 36.9 Å². The van der Waals surface area contributed by atoms with Crippen molar-refractivity contribution >= 4 is 15.7 Å². The number of benzene rings is 1. The highest BCUT2D eigenvalue weighted by atomic mass is 32.2. The van der Waals surface area contributed by atoms with Gasteiger partial charge < -0.3 is 4.42 Å². The normalized spacial score (nSPS) is 11.8. The van der Waals surface area contributed by atoms with Gasteiger partial charge >= 0.3 is 0 Å². The molecule has 0 spiro atoms. The van der Waals surface area contributed by atoms with Crippen molar-refractivity contribution in [1.29, 1.82) is 0 Å². The number of pyridine rings is 2. The highest BCUT2D eigenvalue weighted by Crippen LogP contribution is 2.28. The van der Waals surface area contributed by atoms with Gasteiger partial charge in [0.05, 0.1) is 35.0 Å². The second-order valence-electron chi connectivity index (χ2n) is 6.97. The monoisotopic (exact) mass is 430 g/mol. The molecule has 4 heterocycles. The maximum atomic E-state index is 12.2. The Morgan fingerprint density at radius 1 is 0.935 bits per heavy atom. The molecule has 7 nitrogen and oxygen atoms in total.